The van der Waals surface area contributed by atoms with Gasteiger partial charge < -0.3 is 5.11 Å². The maximum Gasteiger partial charge on any atom is 0.377 e. The maximum atomic E-state index is 10.9. The number of nitrogens with zero attached hydrogens (tertiary/aromatic N) is 1. The Bertz CT molecular complexity index is 404. The summed E-state index contributed by atoms with van der Waals surface area (Å²) in [6.45, 7) is 6.65. The molecule has 1 aromatic carbocycles. The molecule has 1 rings (SSSR count). The van der Waals surface area contributed by atoms with Crippen molar-refractivity contribution in [1.29, 1.82) is 0 Å². The molecule has 0 aliphatic heterocycles. The van der Waals surface area contributed by atoms with Gasteiger partial charge in [0.2, 0.25) is 0 Å². The van der Waals surface area contributed by atoms with Crippen molar-refractivity contribution in [3.63, 3.8) is 0 Å². The molecule has 13 heavy (non-hydrogen) atoms. The van der Waals surface area contributed by atoms with E-state index in [0.29, 0.717) is 0 Å². The van der Waals surface area contributed by atoms with Gasteiger partial charge in [-0.05, 0) is 6.07 Å². The zero-order chi connectivity index (χ0) is 9.84. The Morgan fingerprint density at radius 1 is 1.38 bits per heavy atom. The molecule has 0 heterocycles. The van der Waals surface area contributed by atoms with Crippen LogP contribution in [0.25, 0.3) is 4.85 Å². The molecule has 0 atom stereocenters. The Labute approximate surface area is 74.2 Å². The van der Waals surface area contributed by atoms with Gasteiger partial charge in [-0.3, -0.25) is 4.79 Å². The van der Waals surface area contributed by atoms with E-state index in [9.17, 15) is 9.59 Å². The second kappa shape index (κ2) is 3.50. The summed E-state index contributed by atoms with van der Waals surface area (Å²) in [6.07, 6.45) is 0. The van der Waals surface area contributed by atoms with Crippen LogP contribution in [0.4, 0.5) is 5.69 Å². The average molecular weight is 176 g/mol. The van der Waals surface area contributed by atoms with Crippen molar-refractivity contribution in [2.75, 3.05) is 0 Å². The zero-order valence-electron chi connectivity index (χ0n) is 6.52. The number of carbonyl (C=O) groups excluding carboxylic acids is 1. The fraction of sp³-hybridized carbons (Fsp3) is 0. The van der Waals surface area contributed by atoms with E-state index in [1.165, 1.54) is 24.3 Å². The summed E-state index contributed by atoms with van der Waals surface area (Å²) in [4.78, 5) is 24.3. The number of hydrogen-bond acceptors (Lipinski definition) is 2. The van der Waals surface area contributed by atoms with Crippen LogP contribution in [0.3, 0.4) is 0 Å². The number of ketones is 1. The van der Waals surface area contributed by atoms with Crippen molar-refractivity contribution in [3.05, 3.63) is 41.2 Å². The monoisotopic (exact) mass is 176 g/mol. The van der Waals surface area contributed by atoms with E-state index in [1.54, 1.807) is 0 Å². The lowest BCUT2D eigenvalue weighted by atomic mass is 10.2. The van der Waals surface area contributed by atoms with Crippen molar-refractivity contribution >= 4 is 17.4 Å². The van der Waals surface area contributed by atoms with Gasteiger partial charge in [-0.1, -0.05) is 18.2 Å². The van der Waals surface area contributed by atoms with Crippen molar-refractivity contribution in [2.45, 2.75) is 0 Å². The van der Waals surface area contributed by atoms with Gasteiger partial charge in [-0.15, -0.1) is 0 Å². The predicted molar refractivity (Wildman–Crippen MR) is 44.7 cm³/mol. The molecule has 0 aliphatic rings. The number of Topliss-reactive ketones (excluding diaryl/α,β-unsaturated/α-hetero) is 1. The van der Waals surface area contributed by atoms with Crippen LogP contribution in [0.2, 0.25) is 0 Å². The summed E-state index contributed by atoms with van der Waals surface area (Å²) < 4.78 is 0. The van der Waals surface area contributed by atoms with Gasteiger partial charge in [0.15, 0.2) is 5.69 Å². The molecule has 0 aliphatic carbocycles. The largest absolute Gasteiger partial charge is 0.475 e. The lowest BCUT2D eigenvalue weighted by molar-refractivity contribution is -0.131. The molecule has 0 saturated heterocycles. The molecule has 64 valence electrons. The van der Waals surface area contributed by atoms with E-state index in [0.717, 1.165) is 0 Å². The van der Waals surface area contributed by atoms with Gasteiger partial charge in [-0.2, -0.15) is 0 Å². The molecule has 0 fully saturated rings. The molecule has 1 N–H and O–H groups in total. The fourth-order valence-electron chi connectivity index (χ4n) is 0.840. The molecular weight excluding hydrogens is 171 g/mol. The quantitative estimate of drug-likeness (QED) is 0.321. The van der Waals surface area contributed by atoms with E-state index in [4.69, 9.17) is 11.7 Å². The molecule has 0 spiro atoms. The van der Waals surface area contributed by atoms with Crippen LogP contribution in [0, 0.1) is 6.57 Å². The third-order valence-electron chi connectivity index (χ3n) is 1.43. The highest BCUT2D eigenvalue weighted by atomic mass is 16.4. The molecule has 0 bridgehead atoms. The Kier molecular flexibility index (Phi) is 2.41. The van der Waals surface area contributed by atoms with Crippen LogP contribution in [-0.2, 0) is 4.79 Å². The van der Waals surface area contributed by atoms with Crippen LogP contribution < -0.4 is 0 Å². The van der Waals surface area contributed by atoms with Crippen molar-refractivity contribution < 1.29 is 14.7 Å². The molecule has 4 nitrogen and oxygen atoms in total. The Balaban J connectivity index is 3.11. The minimum absolute atomic E-state index is 0.0287. The summed E-state index contributed by atoms with van der Waals surface area (Å²) in [6, 6.07) is 5.60. The number of carbonyl (C=O) groups is 2. The van der Waals surface area contributed by atoms with E-state index in [-0.39, 0.29) is 11.3 Å². The number of carboxylic acids is 1. The van der Waals surface area contributed by atoms with Gasteiger partial charge in [0.25, 0.3) is 5.78 Å². The third kappa shape index (κ3) is 1.91. The number of benzene rings is 1. The highest BCUT2D eigenvalue weighted by molar-refractivity contribution is 6.39. The average Bonchev–Trinajstić information content (AvgIpc) is 2.16. The standard InChI is InChI=1S/C9H5NO3/c1-10-7-4-2-3-6(5-7)8(11)9(12)13/h2-5H,(H,12,13)/i8+1. The Morgan fingerprint density at radius 3 is 2.62 bits per heavy atom. The zero-order valence-corrected chi connectivity index (χ0v) is 6.52. The van der Waals surface area contributed by atoms with Crippen molar-refractivity contribution in [1.82, 2.24) is 0 Å². The Hall–Kier alpha value is -2.15. The summed E-state index contributed by atoms with van der Waals surface area (Å²) in [7, 11) is 0. The van der Waals surface area contributed by atoms with Crippen LogP contribution in [0.5, 0.6) is 0 Å². The van der Waals surface area contributed by atoms with Gasteiger partial charge >= 0.3 is 5.97 Å². The van der Waals surface area contributed by atoms with Gasteiger partial charge in [-0.25, -0.2) is 9.64 Å². The van der Waals surface area contributed by atoms with Gasteiger partial charge in [0.05, 0.1) is 6.57 Å². The molecule has 4 heteroatoms. The summed E-state index contributed by atoms with van der Waals surface area (Å²) in [5.41, 5.74) is 0.285. The van der Waals surface area contributed by atoms with Crippen molar-refractivity contribution in [2.24, 2.45) is 0 Å². The van der Waals surface area contributed by atoms with Gasteiger partial charge in [0, 0.05) is 5.56 Å². The highest BCUT2D eigenvalue weighted by Gasteiger charge is 2.13. The lowest BCUT2D eigenvalue weighted by Crippen LogP contribution is -2.12. The fourth-order valence-corrected chi connectivity index (χ4v) is 0.840. The van der Waals surface area contributed by atoms with Crippen LogP contribution in [0.15, 0.2) is 24.3 Å². The first-order valence-electron chi connectivity index (χ1n) is 3.40. The van der Waals surface area contributed by atoms with Gasteiger partial charge in [0.1, 0.15) is 0 Å². The number of rotatable bonds is 2. The highest BCUT2D eigenvalue weighted by Crippen LogP contribution is 2.13. The second-order valence-electron chi connectivity index (χ2n) is 2.30. The van der Waals surface area contributed by atoms with E-state index in [2.05, 4.69) is 4.85 Å². The molecule has 0 aromatic heterocycles. The SMILES string of the molecule is [C-]#[N+]c1cccc([13C](=O)C(=O)O)c1. The molecule has 1 aromatic rings. The second-order valence-corrected chi connectivity index (χ2v) is 2.30. The van der Waals surface area contributed by atoms with Crippen LogP contribution >= 0.6 is 0 Å². The molecule has 0 saturated carbocycles. The van der Waals surface area contributed by atoms with Crippen molar-refractivity contribution in [3.8, 4) is 0 Å². The summed E-state index contributed by atoms with van der Waals surface area (Å²) >= 11 is 0. The van der Waals surface area contributed by atoms with Crippen LogP contribution in [-0.4, -0.2) is 16.9 Å². The van der Waals surface area contributed by atoms with E-state index in [1.807, 2.05) is 0 Å². The van der Waals surface area contributed by atoms with Crippen LogP contribution in [0.1, 0.15) is 10.4 Å². The maximum absolute atomic E-state index is 10.9. The van der Waals surface area contributed by atoms with E-state index < -0.39 is 11.8 Å². The topological polar surface area (TPSA) is 58.7 Å². The molecule has 0 amide bonds. The third-order valence-corrected chi connectivity index (χ3v) is 1.43. The summed E-state index contributed by atoms with van der Waals surface area (Å²) in [5, 5.41) is 8.37. The minimum Gasteiger partial charge on any atom is -0.475 e. The predicted octanol–water partition coefficient (Wildman–Crippen LogP) is 1.50. The number of hydrogen-bond donors (Lipinski definition) is 1. The normalized spacial score (nSPS) is 8.85. The smallest absolute Gasteiger partial charge is 0.377 e. The number of aliphatic carboxylic acids is 1. The first-order valence-corrected chi connectivity index (χ1v) is 3.40. The molecule has 0 radical (unpaired) electrons. The number of carboxylic acid groups (broad SMARTS) is 1. The summed E-state index contributed by atoms with van der Waals surface area (Å²) in [5.74, 6) is -2.51. The molecular formula is C9H5NO3. The Morgan fingerprint density at radius 2 is 2.08 bits per heavy atom. The first-order chi connectivity index (χ1) is 6.15. The minimum atomic E-state index is -1.51. The first kappa shape index (κ1) is 8.94. The lowest BCUT2D eigenvalue weighted by Gasteiger charge is -1.95. The molecule has 0 unspecified atom stereocenters. The van der Waals surface area contributed by atoms with E-state index >= 15 is 0 Å².